The summed E-state index contributed by atoms with van der Waals surface area (Å²) in [7, 11) is 0. The molecule has 4 heteroatoms. The summed E-state index contributed by atoms with van der Waals surface area (Å²) >= 11 is 0. The minimum Gasteiger partial charge on any atom is -0.396 e. The molecule has 0 aliphatic carbocycles. The van der Waals surface area contributed by atoms with Gasteiger partial charge in [-0.15, -0.1) is 0 Å². The summed E-state index contributed by atoms with van der Waals surface area (Å²) in [5.74, 6) is 0.0934. The monoisotopic (exact) mass is 203 g/mol. The Morgan fingerprint density at radius 2 is 2.07 bits per heavy atom. The molecule has 0 heterocycles. The Balaban J connectivity index is 3.37. The molecule has 0 bridgehead atoms. The Kier molecular flexibility index (Phi) is 7.42. The lowest BCUT2D eigenvalue weighted by Crippen LogP contribution is -2.30. The van der Waals surface area contributed by atoms with Gasteiger partial charge in [-0.25, -0.2) is 0 Å². The number of aliphatic hydroxyl groups is 1. The van der Waals surface area contributed by atoms with Crippen LogP contribution in [0, 0.1) is 5.92 Å². The van der Waals surface area contributed by atoms with Gasteiger partial charge in [0.25, 0.3) is 0 Å². The zero-order valence-corrected chi connectivity index (χ0v) is 9.25. The van der Waals surface area contributed by atoms with Crippen molar-refractivity contribution in [3.05, 3.63) is 0 Å². The zero-order valence-electron chi connectivity index (χ0n) is 9.25. The molecule has 0 saturated heterocycles. The first-order chi connectivity index (χ1) is 6.56. The van der Waals surface area contributed by atoms with Gasteiger partial charge in [0.05, 0.1) is 12.7 Å². The quantitative estimate of drug-likeness (QED) is 0.635. The first-order valence-corrected chi connectivity index (χ1v) is 5.05. The predicted molar refractivity (Wildman–Crippen MR) is 55.0 cm³/mol. The summed E-state index contributed by atoms with van der Waals surface area (Å²) in [5, 5.41) is 11.4. The second kappa shape index (κ2) is 7.76. The van der Waals surface area contributed by atoms with Crippen LogP contribution in [0.1, 0.15) is 27.2 Å². The largest absolute Gasteiger partial charge is 0.396 e. The third kappa shape index (κ3) is 8.01. The normalized spacial score (nSPS) is 12.9. The van der Waals surface area contributed by atoms with E-state index in [9.17, 15) is 4.79 Å². The third-order valence-corrected chi connectivity index (χ3v) is 1.74. The second-order valence-corrected chi connectivity index (χ2v) is 3.76. The SMILES string of the molecule is CC(CO)CNC(=O)CCOC(C)C. The van der Waals surface area contributed by atoms with E-state index in [0.29, 0.717) is 19.6 Å². The number of nitrogens with one attached hydrogen (secondary N) is 1. The van der Waals surface area contributed by atoms with E-state index in [1.807, 2.05) is 20.8 Å². The van der Waals surface area contributed by atoms with Crippen molar-refractivity contribution in [3.63, 3.8) is 0 Å². The molecule has 0 aromatic heterocycles. The van der Waals surface area contributed by atoms with Crippen LogP contribution in [-0.2, 0) is 9.53 Å². The Morgan fingerprint density at radius 3 is 2.57 bits per heavy atom. The van der Waals surface area contributed by atoms with Crippen molar-refractivity contribution in [3.8, 4) is 0 Å². The molecule has 1 atom stereocenters. The Labute approximate surface area is 85.6 Å². The number of carbonyl (C=O) groups is 1. The molecule has 0 aliphatic rings. The molecule has 0 fully saturated rings. The average molecular weight is 203 g/mol. The number of hydrogen-bond acceptors (Lipinski definition) is 3. The van der Waals surface area contributed by atoms with E-state index >= 15 is 0 Å². The molecule has 1 unspecified atom stereocenters. The Bertz CT molecular complexity index is 159. The van der Waals surface area contributed by atoms with E-state index in [1.54, 1.807) is 0 Å². The van der Waals surface area contributed by atoms with E-state index < -0.39 is 0 Å². The van der Waals surface area contributed by atoms with Gasteiger partial charge < -0.3 is 15.2 Å². The fraction of sp³-hybridized carbons (Fsp3) is 0.900. The van der Waals surface area contributed by atoms with Crippen LogP contribution in [0.3, 0.4) is 0 Å². The van der Waals surface area contributed by atoms with Gasteiger partial charge in [-0.1, -0.05) is 6.92 Å². The van der Waals surface area contributed by atoms with Gasteiger partial charge in [-0.2, -0.15) is 0 Å². The standard InChI is InChI=1S/C10H21NO3/c1-8(2)14-5-4-10(13)11-6-9(3)7-12/h8-9,12H,4-7H2,1-3H3,(H,11,13). The van der Waals surface area contributed by atoms with Crippen LogP contribution in [0.5, 0.6) is 0 Å². The van der Waals surface area contributed by atoms with Gasteiger partial charge in [-0.05, 0) is 19.8 Å². The van der Waals surface area contributed by atoms with Crippen molar-refractivity contribution in [2.45, 2.75) is 33.3 Å². The minimum atomic E-state index is -0.0223. The van der Waals surface area contributed by atoms with E-state index in [-0.39, 0.29) is 24.5 Å². The maximum Gasteiger partial charge on any atom is 0.222 e. The van der Waals surface area contributed by atoms with Gasteiger partial charge in [0, 0.05) is 19.6 Å². The Morgan fingerprint density at radius 1 is 1.43 bits per heavy atom. The van der Waals surface area contributed by atoms with Crippen molar-refractivity contribution >= 4 is 5.91 Å². The van der Waals surface area contributed by atoms with Crippen LogP contribution in [0.2, 0.25) is 0 Å². The fourth-order valence-electron chi connectivity index (χ4n) is 0.828. The molecule has 14 heavy (non-hydrogen) atoms. The molecule has 4 nitrogen and oxygen atoms in total. The highest BCUT2D eigenvalue weighted by Gasteiger charge is 2.04. The van der Waals surface area contributed by atoms with Crippen molar-refractivity contribution in [2.75, 3.05) is 19.8 Å². The van der Waals surface area contributed by atoms with E-state index in [0.717, 1.165) is 0 Å². The third-order valence-electron chi connectivity index (χ3n) is 1.74. The number of ether oxygens (including phenoxy) is 1. The van der Waals surface area contributed by atoms with Gasteiger partial charge in [-0.3, -0.25) is 4.79 Å². The lowest BCUT2D eigenvalue weighted by Gasteiger charge is -2.10. The minimum absolute atomic E-state index is 0.0223. The first kappa shape index (κ1) is 13.4. The number of amides is 1. The zero-order chi connectivity index (χ0) is 11.0. The average Bonchev–Trinajstić information content (AvgIpc) is 2.13. The van der Waals surface area contributed by atoms with Crippen molar-refractivity contribution in [1.82, 2.24) is 5.32 Å². The lowest BCUT2D eigenvalue weighted by atomic mass is 10.2. The van der Waals surface area contributed by atoms with Crippen LogP contribution in [0.15, 0.2) is 0 Å². The summed E-state index contributed by atoms with van der Waals surface area (Å²) < 4.78 is 5.24. The number of hydrogen-bond donors (Lipinski definition) is 2. The lowest BCUT2D eigenvalue weighted by molar-refractivity contribution is -0.122. The maximum absolute atomic E-state index is 11.2. The highest BCUT2D eigenvalue weighted by atomic mass is 16.5. The number of carbonyl (C=O) groups excluding carboxylic acids is 1. The topological polar surface area (TPSA) is 58.6 Å². The highest BCUT2D eigenvalue weighted by Crippen LogP contribution is 1.92. The predicted octanol–water partition coefficient (Wildman–Crippen LogP) is 0.546. The molecule has 0 aliphatic heterocycles. The molecule has 0 saturated carbocycles. The molecule has 2 N–H and O–H groups in total. The maximum atomic E-state index is 11.2. The smallest absolute Gasteiger partial charge is 0.222 e. The molecule has 1 amide bonds. The first-order valence-electron chi connectivity index (χ1n) is 5.05. The molecule has 0 spiro atoms. The van der Waals surface area contributed by atoms with Crippen LogP contribution in [0.25, 0.3) is 0 Å². The van der Waals surface area contributed by atoms with Crippen LogP contribution in [-0.4, -0.2) is 36.9 Å². The van der Waals surface area contributed by atoms with E-state index in [2.05, 4.69) is 5.32 Å². The second-order valence-electron chi connectivity index (χ2n) is 3.76. The molecule has 0 aromatic rings. The van der Waals surface area contributed by atoms with Crippen LogP contribution in [0.4, 0.5) is 0 Å². The van der Waals surface area contributed by atoms with Crippen molar-refractivity contribution in [1.29, 1.82) is 0 Å². The van der Waals surface area contributed by atoms with Gasteiger partial charge in [0.2, 0.25) is 5.91 Å². The fourth-order valence-corrected chi connectivity index (χ4v) is 0.828. The van der Waals surface area contributed by atoms with Crippen LogP contribution >= 0.6 is 0 Å². The molecule has 0 rings (SSSR count). The van der Waals surface area contributed by atoms with Gasteiger partial charge in [0.1, 0.15) is 0 Å². The van der Waals surface area contributed by atoms with Gasteiger partial charge in [0.15, 0.2) is 0 Å². The molecular formula is C10H21NO3. The van der Waals surface area contributed by atoms with E-state index in [1.165, 1.54) is 0 Å². The van der Waals surface area contributed by atoms with Crippen molar-refractivity contribution < 1.29 is 14.6 Å². The van der Waals surface area contributed by atoms with Gasteiger partial charge >= 0.3 is 0 Å². The summed E-state index contributed by atoms with van der Waals surface area (Å²) in [6.07, 6.45) is 0.551. The van der Waals surface area contributed by atoms with E-state index in [4.69, 9.17) is 9.84 Å². The van der Waals surface area contributed by atoms with Crippen LogP contribution < -0.4 is 5.32 Å². The molecule has 0 aromatic carbocycles. The molecule has 84 valence electrons. The molecule has 0 radical (unpaired) electrons. The molecular weight excluding hydrogens is 182 g/mol. The van der Waals surface area contributed by atoms with Crippen molar-refractivity contribution in [2.24, 2.45) is 5.92 Å². The summed E-state index contributed by atoms with van der Waals surface area (Å²) in [6, 6.07) is 0. The summed E-state index contributed by atoms with van der Waals surface area (Å²) in [5.41, 5.74) is 0. The number of rotatable bonds is 7. The highest BCUT2D eigenvalue weighted by molar-refractivity contribution is 5.75. The Hall–Kier alpha value is -0.610. The number of aliphatic hydroxyl groups excluding tert-OH is 1. The summed E-state index contributed by atoms with van der Waals surface area (Å²) in [4.78, 5) is 11.2. The summed E-state index contributed by atoms with van der Waals surface area (Å²) in [6.45, 7) is 6.83.